The van der Waals surface area contributed by atoms with E-state index in [9.17, 15) is 9.18 Å². The van der Waals surface area contributed by atoms with Crippen molar-refractivity contribution in [3.63, 3.8) is 0 Å². The van der Waals surface area contributed by atoms with Crippen LogP contribution in [0.1, 0.15) is 10.4 Å². The van der Waals surface area contributed by atoms with E-state index in [0.29, 0.717) is 11.8 Å². The molecule has 0 saturated heterocycles. The molecule has 3 heteroatoms. The summed E-state index contributed by atoms with van der Waals surface area (Å²) in [6.07, 6.45) is 0.651. The Balaban J connectivity index is 3.20. The number of carbonyl (C=O) groups is 1. The molecule has 0 aromatic heterocycles. The Kier molecular flexibility index (Phi) is 2.43. The largest absolute Gasteiger partial charge is 0.377 e. The van der Waals surface area contributed by atoms with Crippen molar-refractivity contribution < 1.29 is 9.18 Å². The first-order valence-corrected chi connectivity index (χ1v) is 3.57. The van der Waals surface area contributed by atoms with Gasteiger partial charge in [-0.2, -0.15) is 0 Å². The molecule has 1 aromatic carbocycles. The molecular formula is C9H10FNO. The molecule has 0 saturated carbocycles. The summed E-state index contributed by atoms with van der Waals surface area (Å²) in [5, 5.41) is 0. The molecule has 0 N–H and O–H groups in total. The number of hydrogen-bond donors (Lipinski definition) is 0. The highest BCUT2D eigenvalue weighted by molar-refractivity contribution is 5.84. The first kappa shape index (κ1) is 8.71. The van der Waals surface area contributed by atoms with Gasteiger partial charge in [-0.3, -0.25) is 4.79 Å². The lowest BCUT2D eigenvalue weighted by Gasteiger charge is -2.14. The van der Waals surface area contributed by atoms with Crippen molar-refractivity contribution in [2.24, 2.45) is 0 Å². The van der Waals surface area contributed by atoms with Gasteiger partial charge in [0.15, 0.2) is 6.29 Å². The number of nitrogens with zero attached hydrogens (tertiary/aromatic N) is 1. The lowest BCUT2D eigenvalue weighted by atomic mass is 10.2. The molecule has 0 bridgehead atoms. The second kappa shape index (κ2) is 3.34. The molecule has 1 aromatic rings. The van der Waals surface area contributed by atoms with Crippen LogP contribution < -0.4 is 4.90 Å². The van der Waals surface area contributed by atoms with Gasteiger partial charge >= 0.3 is 0 Å². The van der Waals surface area contributed by atoms with Gasteiger partial charge in [0.05, 0.1) is 0 Å². The molecule has 64 valence electrons. The van der Waals surface area contributed by atoms with Crippen LogP contribution in [0.25, 0.3) is 0 Å². The van der Waals surface area contributed by atoms with Crippen molar-refractivity contribution in [3.8, 4) is 0 Å². The van der Waals surface area contributed by atoms with Crippen LogP contribution in [0.4, 0.5) is 10.1 Å². The monoisotopic (exact) mass is 167 g/mol. The highest BCUT2D eigenvalue weighted by Crippen LogP contribution is 2.17. The molecule has 2 nitrogen and oxygen atoms in total. The van der Waals surface area contributed by atoms with Crippen molar-refractivity contribution >= 4 is 12.0 Å². The van der Waals surface area contributed by atoms with Crippen LogP contribution in [-0.4, -0.2) is 20.4 Å². The summed E-state index contributed by atoms with van der Waals surface area (Å²) in [6, 6.07) is 4.14. The minimum Gasteiger partial charge on any atom is -0.377 e. The van der Waals surface area contributed by atoms with Crippen molar-refractivity contribution in [2.45, 2.75) is 0 Å². The molecule has 0 atom stereocenters. The number of aldehydes is 1. The fourth-order valence-corrected chi connectivity index (χ4v) is 1.03. The van der Waals surface area contributed by atoms with Gasteiger partial charge in [0, 0.05) is 25.3 Å². The molecule has 0 aliphatic carbocycles. The number of hydrogen-bond acceptors (Lipinski definition) is 2. The van der Waals surface area contributed by atoms with Gasteiger partial charge in [-0.05, 0) is 18.2 Å². The summed E-state index contributed by atoms with van der Waals surface area (Å²) < 4.78 is 12.6. The summed E-state index contributed by atoms with van der Waals surface area (Å²) in [7, 11) is 3.61. The number of carbonyl (C=O) groups excluding carboxylic acids is 1. The molecule has 0 fully saturated rings. The standard InChI is InChI=1S/C9H10FNO/c1-11(2)9-4-3-8(10)5-7(9)6-12/h3-6H,1-2H3. The Morgan fingerprint density at radius 3 is 2.58 bits per heavy atom. The first-order chi connectivity index (χ1) is 5.65. The molecule has 0 aliphatic rings. The molecule has 0 aliphatic heterocycles. The van der Waals surface area contributed by atoms with Crippen LogP contribution >= 0.6 is 0 Å². The van der Waals surface area contributed by atoms with E-state index in [1.807, 2.05) is 0 Å². The maximum absolute atomic E-state index is 12.6. The number of anilines is 1. The van der Waals surface area contributed by atoms with Crippen LogP contribution in [0.5, 0.6) is 0 Å². The molecule has 1 rings (SSSR count). The maximum atomic E-state index is 12.6. The van der Waals surface area contributed by atoms with Gasteiger partial charge < -0.3 is 4.90 Å². The van der Waals surface area contributed by atoms with Crippen molar-refractivity contribution in [2.75, 3.05) is 19.0 Å². The van der Waals surface area contributed by atoms with E-state index in [0.717, 1.165) is 5.69 Å². The topological polar surface area (TPSA) is 20.3 Å². The molecule has 0 unspecified atom stereocenters. The Morgan fingerprint density at radius 1 is 1.42 bits per heavy atom. The maximum Gasteiger partial charge on any atom is 0.152 e. The van der Waals surface area contributed by atoms with Gasteiger partial charge in [-0.15, -0.1) is 0 Å². The zero-order valence-electron chi connectivity index (χ0n) is 7.04. The first-order valence-electron chi connectivity index (χ1n) is 3.57. The van der Waals surface area contributed by atoms with Gasteiger partial charge in [0.1, 0.15) is 5.82 Å². The quantitative estimate of drug-likeness (QED) is 0.625. The van der Waals surface area contributed by atoms with Crippen molar-refractivity contribution in [3.05, 3.63) is 29.6 Å². The number of benzene rings is 1. The van der Waals surface area contributed by atoms with Crippen LogP contribution in [0.2, 0.25) is 0 Å². The zero-order valence-corrected chi connectivity index (χ0v) is 7.04. The summed E-state index contributed by atoms with van der Waals surface area (Å²) in [5.41, 5.74) is 1.10. The predicted octanol–water partition coefficient (Wildman–Crippen LogP) is 1.70. The smallest absolute Gasteiger partial charge is 0.152 e. The molecule has 0 amide bonds. The Labute approximate surface area is 70.6 Å². The predicted molar refractivity (Wildman–Crippen MR) is 46.1 cm³/mol. The minimum atomic E-state index is -0.386. The molecule has 0 heterocycles. The van der Waals surface area contributed by atoms with Gasteiger partial charge in [0.2, 0.25) is 0 Å². The highest BCUT2D eigenvalue weighted by Gasteiger charge is 2.03. The van der Waals surface area contributed by atoms with E-state index < -0.39 is 0 Å². The van der Waals surface area contributed by atoms with E-state index in [2.05, 4.69) is 0 Å². The average molecular weight is 167 g/mol. The summed E-state index contributed by atoms with van der Waals surface area (Å²) in [6.45, 7) is 0. The summed E-state index contributed by atoms with van der Waals surface area (Å²) >= 11 is 0. The molecule has 12 heavy (non-hydrogen) atoms. The lowest BCUT2D eigenvalue weighted by Crippen LogP contribution is -2.11. The SMILES string of the molecule is CN(C)c1ccc(F)cc1C=O. The highest BCUT2D eigenvalue weighted by atomic mass is 19.1. The number of halogens is 1. The van der Waals surface area contributed by atoms with Gasteiger partial charge in [0.25, 0.3) is 0 Å². The number of rotatable bonds is 2. The Hall–Kier alpha value is -1.38. The average Bonchev–Trinajstić information content (AvgIpc) is 2.03. The fourth-order valence-electron chi connectivity index (χ4n) is 1.03. The van der Waals surface area contributed by atoms with E-state index in [1.165, 1.54) is 12.1 Å². The van der Waals surface area contributed by atoms with E-state index >= 15 is 0 Å². The molecule has 0 spiro atoms. The van der Waals surface area contributed by atoms with E-state index in [1.54, 1.807) is 25.1 Å². The third kappa shape index (κ3) is 1.61. The van der Waals surface area contributed by atoms with Crippen LogP contribution in [-0.2, 0) is 0 Å². The second-order valence-corrected chi connectivity index (χ2v) is 2.72. The normalized spacial score (nSPS) is 9.58. The lowest BCUT2D eigenvalue weighted by molar-refractivity contribution is 0.112. The summed E-state index contributed by atoms with van der Waals surface area (Å²) in [4.78, 5) is 12.3. The summed E-state index contributed by atoms with van der Waals surface area (Å²) in [5.74, 6) is -0.386. The fraction of sp³-hybridized carbons (Fsp3) is 0.222. The van der Waals surface area contributed by atoms with Crippen molar-refractivity contribution in [1.82, 2.24) is 0 Å². The van der Waals surface area contributed by atoms with Gasteiger partial charge in [-0.1, -0.05) is 0 Å². The van der Waals surface area contributed by atoms with E-state index in [-0.39, 0.29) is 5.82 Å². The van der Waals surface area contributed by atoms with Gasteiger partial charge in [-0.25, -0.2) is 4.39 Å². The molecule has 0 radical (unpaired) electrons. The second-order valence-electron chi connectivity index (χ2n) is 2.72. The van der Waals surface area contributed by atoms with Crippen LogP contribution in [0, 0.1) is 5.82 Å². The van der Waals surface area contributed by atoms with Crippen LogP contribution in [0.15, 0.2) is 18.2 Å². The molecular weight excluding hydrogens is 157 g/mol. The van der Waals surface area contributed by atoms with Crippen molar-refractivity contribution in [1.29, 1.82) is 0 Å². The van der Waals surface area contributed by atoms with Crippen LogP contribution in [0.3, 0.4) is 0 Å². The van der Waals surface area contributed by atoms with E-state index in [4.69, 9.17) is 0 Å². The Bertz CT molecular complexity index is 297. The Morgan fingerprint density at radius 2 is 2.08 bits per heavy atom. The third-order valence-corrected chi connectivity index (χ3v) is 1.60. The minimum absolute atomic E-state index is 0.375. The third-order valence-electron chi connectivity index (χ3n) is 1.60. The zero-order chi connectivity index (χ0) is 9.14.